The number of carbonyl (C=O) groups is 1. The summed E-state index contributed by atoms with van der Waals surface area (Å²) in [7, 11) is 3.34. The molecule has 0 spiro atoms. The first-order chi connectivity index (χ1) is 18.3. The van der Waals surface area contributed by atoms with Gasteiger partial charge in [0.25, 0.3) is 0 Å². The molecule has 3 heterocycles. The molecule has 0 fully saturated rings. The van der Waals surface area contributed by atoms with Crippen molar-refractivity contribution in [1.82, 2.24) is 19.4 Å². The fraction of sp³-hybridized carbons (Fsp3) is 0.276. The van der Waals surface area contributed by atoms with Crippen molar-refractivity contribution in [2.75, 3.05) is 20.2 Å². The Morgan fingerprint density at radius 2 is 2.00 bits per heavy atom. The van der Waals surface area contributed by atoms with Gasteiger partial charge in [0.05, 0.1) is 35.9 Å². The van der Waals surface area contributed by atoms with E-state index in [1.54, 1.807) is 31.2 Å². The van der Waals surface area contributed by atoms with Crippen LogP contribution in [-0.2, 0) is 18.3 Å². The number of halogens is 2. The second-order valence-corrected chi connectivity index (χ2v) is 9.72. The number of pyridine rings is 1. The number of esters is 1. The van der Waals surface area contributed by atoms with E-state index in [0.717, 1.165) is 47.6 Å². The van der Waals surface area contributed by atoms with E-state index in [0.29, 0.717) is 28.6 Å². The standard InChI is InChI=1S/C29H28ClFN4O3/c1-18(22-9-8-21(30)16-23(22)31)38-28-6-4-5-24(33-28)19-11-13-35(14-12-19)17-27-32-25-10-7-20(29(36)37-3)15-26(25)34(27)2/h4-11,15-16,18H,12-14,17H2,1-3H3. The van der Waals surface area contributed by atoms with Crippen LogP contribution in [0, 0.1) is 5.82 Å². The molecule has 9 heteroatoms. The van der Waals surface area contributed by atoms with Crippen LogP contribution in [0.1, 0.15) is 46.9 Å². The quantitative estimate of drug-likeness (QED) is 0.272. The van der Waals surface area contributed by atoms with Gasteiger partial charge in [-0.15, -0.1) is 0 Å². The van der Waals surface area contributed by atoms with Crippen molar-refractivity contribution in [2.45, 2.75) is 26.0 Å². The molecule has 1 unspecified atom stereocenters. The van der Waals surface area contributed by atoms with E-state index in [2.05, 4.69) is 16.0 Å². The van der Waals surface area contributed by atoms with Crippen molar-refractivity contribution >= 4 is 34.2 Å². The molecular formula is C29H28ClFN4O3. The van der Waals surface area contributed by atoms with Crippen molar-refractivity contribution in [2.24, 2.45) is 7.05 Å². The van der Waals surface area contributed by atoms with E-state index in [-0.39, 0.29) is 5.97 Å². The highest BCUT2D eigenvalue weighted by atomic mass is 35.5. The Bertz CT molecular complexity index is 1530. The highest BCUT2D eigenvalue weighted by Gasteiger charge is 2.19. The Hall–Kier alpha value is -3.75. The number of ether oxygens (including phenoxy) is 2. The lowest BCUT2D eigenvalue weighted by Gasteiger charge is -2.26. The topological polar surface area (TPSA) is 69.5 Å². The Kier molecular flexibility index (Phi) is 7.44. The van der Waals surface area contributed by atoms with Crippen LogP contribution in [0.5, 0.6) is 5.88 Å². The molecule has 7 nitrogen and oxygen atoms in total. The lowest BCUT2D eigenvalue weighted by atomic mass is 10.0. The molecule has 0 amide bonds. The average molecular weight is 535 g/mol. The van der Waals surface area contributed by atoms with E-state index in [4.69, 9.17) is 26.1 Å². The molecule has 5 rings (SSSR count). The van der Waals surface area contributed by atoms with Crippen LogP contribution in [0.4, 0.5) is 4.39 Å². The molecule has 0 saturated heterocycles. The lowest BCUT2D eigenvalue weighted by Crippen LogP contribution is -2.29. The van der Waals surface area contributed by atoms with Gasteiger partial charge >= 0.3 is 5.97 Å². The van der Waals surface area contributed by atoms with Gasteiger partial charge in [0.1, 0.15) is 17.7 Å². The predicted octanol–water partition coefficient (Wildman–Crippen LogP) is 5.98. The fourth-order valence-electron chi connectivity index (χ4n) is 4.65. The first-order valence-corrected chi connectivity index (χ1v) is 12.7. The first kappa shape index (κ1) is 25.9. The predicted molar refractivity (Wildman–Crippen MR) is 145 cm³/mol. The van der Waals surface area contributed by atoms with Crippen LogP contribution in [0.25, 0.3) is 16.6 Å². The molecule has 1 aliphatic heterocycles. The zero-order chi connectivity index (χ0) is 26.8. The third-order valence-corrected chi connectivity index (χ3v) is 7.04. The molecule has 0 bridgehead atoms. The fourth-order valence-corrected chi connectivity index (χ4v) is 4.81. The van der Waals surface area contributed by atoms with Gasteiger partial charge in [-0.3, -0.25) is 4.90 Å². The second-order valence-electron chi connectivity index (χ2n) is 9.28. The minimum atomic E-state index is -0.511. The van der Waals surface area contributed by atoms with Crippen LogP contribution in [0.2, 0.25) is 5.02 Å². The van der Waals surface area contributed by atoms with Crippen molar-refractivity contribution in [3.63, 3.8) is 0 Å². The minimum absolute atomic E-state index is 0.348. The highest BCUT2D eigenvalue weighted by Crippen LogP contribution is 2.28. The summed E-state index contributed by atoms with van der Waals surface area (Å²) in [6.07, 6.45) is 2.49. The van der Waals surface area contributed by atoms with Crippen molar-refractivity contribution in [1.29, 1.82) is 0 Å². The Labute approximate surface area is 225 Å². The van der Waals surface area contributed by atoms with Gasteiger partial charge in [-0.2, -0.15) is 0 Å². The molecule has 4 aromatic rings. The van der Waals surface area contributed by atoms with Crippen molar-refractivity contribution in [3.8, 4) is 5.88 Å². The Morgan fingerprint density at radius 1 is 1.16 bits per heavy atom. The van der Waals surface area contributed by atoms with Crippen LogP contribution in [0.3, 0.4) is 0 Å². The summed E-state index contributed by atoms with van der Waals surface area (Å²) in [5.41, 5.74) is 4.67. The Balaban J connectivity index is 1.26. The third-order valence-electron chi connectivity index (χ3n) is 6.80. The van der Waals surface area contributed by atoms with E-state index >= 15 is 0 Å². The molecule has 0 aliphatic carbocycles. The molecule has 2 aromatic carbocycles. The summed E-state index contributed by atoms with van der Waals surface area (Å²) in [4.78, 5) is 23.7. The number of imidazole rings is 1. The number of nitrogens with zero attached hydrogens (tertiary/aromatic N) is 4. The van der Waals surface area contributed by atoms with Gasteiger partial charge in [-0.05, 0) is 55.3 Å². The number of aryl methyl sites for hydroxylation is 1. The lowest BCUT2D eigenvalue weighted by molar-refractivity contribution is 0.0601. The number of hydrogen-bond donors (Lipinski definition) is 0. The van der Waals surface area contributed by atoms with Crippen molar-refractivity contribution < 1.29 is 18.7 Å². The van der Waals surface area contributed by atoms with E-state index < -0.39 is 11.9 Å². The molecule has 0 saturated carbocycles. The first-order valence-electron chi connectivity index (χ1n) is 12.4. The van der Waals surface area contributed by atoms with Gasteiger partial charge in [0.15, 0.2) is 0 Å². The van der Waals surface area contributed by atoms with Crippen LogP contribution < -0.4 is 4.74 Å². The van der Waals surface area contributed by atoms with Crippen LogP contribution in [-0.4, -0.2) is 45.6 Å². The molecule has 1 atom stereocenters. The number of benzene rings is 2. The molecule has 38 heavy (non-hydrogen) atoms. The van der Waals surface area contributed by atoms with Gasteiger partial charge in [-0.1, -0.05) is 29.8 Å². The van der Waals surface area contributed by atoms with Crippen LogP contribution >= 0.6 is 11.6 Å². The van der Waals surface area contributed by atoms with Crippen LogP contribution in [0.15, 0.2) is 60.7 Å². The van der Waals surface area contributed by atoms with Crippen molar-refractivity contribution in [3.05, 3.63) is 94.2 Å². The summed E-state index contributed by atoms with van der Waals surface area (Å²) in [5.74, 6) is 0.605. The second kappa shape index (κ2) is 10.9. The number of methoxy groups -OCH3 is 1. The number of aromatic nitrogens is 3. The monoisotopic (exact) mass is 534 g/mol. The third kappa shape index (κ3) is 5.42. The SMILES string of the molecule is COC(=O)c1ccc2nc(CN3CC=C(c4cccc(OC(C)c5ccc(Cl)cc5F)n4)CC3)n(C)c2c1. The number of fused-ring (bicyclic) bond motifs is 1. The van der Waals surface area contributed by atoms with Gasteiger partial charge < -0.3 is 14.0 Å². The minimum Gasteiger partial charge on any atom is -0.470 e. The summed E-state index contributed by atoms with van der Waals surface area (Å²) < 4.78 is 27.1. The maximum absolute atomic E-state index is 14.3. The zero-order valence-electron chi connectivity index (χ0n) is 21.4. The average Bonchev–Trinajstić information content (AvgIpc) is 3.22. The number of rotatable bonds is 7. The summed E-state index contributed by atoms with van der Waals surface area (Å²) in [5, 5.41) is 0.348. The smallest absolute Gasteiger partial charge is 0.337 e. The van der Waals surface area contributed by atoms with Gasteiger partial charge in [0, 0.05) is 36.8 Å². The molecule has 0 radical (unpaired) electrons. The zero-order valence-corrected chi connectivity index (χ0v) is 22.2. The van der Waals surface area contributed by atoms with E-state index in [1.807, 2.05) is 35.9 Å². The number of hydrogen-bond acceptors (Lipinski definition) is 6. The molecule has 2 aromatic heterocycles. The molecule has 196 valence electrons. The molecular weight excluding hydrogens is 507 g/mol. The Morgan fingerprint density at radius 3 is 2.74 bits per heavy atom. The summed E-state index contributed by atoms with van der Waals surface area (Å²) >= 11 is 5.87. The molecule has 1 aliphatic rings. The van der Waals surface area contributed by atoms with Gasteiger partial charge in [0.2, 0.25) is 5.88 Å². The summed E-state index contributed by atoms with van der Waals surface area (Å²) in [6, 6.07) is 15.6. The number of carbonyl (C=O) groups excluding carboxylic acids is 1. The maximum atomic E-state index is 14.3. The van der Waals surface area contributed by atoms with E-state index in [9.17, 15) is 9.18 Å². The summed E-state index contributed by atoms with van der Waals surface area (Å²) in [6.45, 7) is 4.08. The molecule has 0 N–H and O–H groups in total. The highest BCUT2D eigenvalue weighted by molar-refractivity contribution is 6.30. The normalized spacial score (nSPS) is 14.8. The maximum Gasteiger partial charge on any atom is 0.337 e. The largest absolute Gasteiger partial charge is 0.470 e. The van der Waals surface area contributed by atoms with Gasteiger partial charge in [-0.25, -0.2) is 19.2 Å². The van der Waals surface area contributed by atoms with E-state index in [1.165, 1.54) is 13.2 Å².